The lowest BCUT2D eigenvalue weighted by Gasteiger charge is -2.21. The third kappa shape index (κ3) is 6.23. The molecule has 0 amide bonds. The van der Waals surface area contributed by atoms with E-state index in [0.29, 0.717) is 6.54 Å². The van der Waals surface area contributed by atoms with Crippen LogP contribution in [0.25, 0.3) is 11.3 Å². The average Bonchev–Trinajstić information content (AvgIpc) is 3.10. The molecule has 0 fully saturated rings. The molecule has 2 rings (SSSR count). The van der Waals surface area contributed by atoms with Gasteiger partial charge in [0.1, 0.15) is 5.82 Å². The molecule has 0 aliphatic carbocycles. The van der Waals surface area contributed by atoms with Gasteiger partial charge in [0.25, 0.3) is 0 Å². The van der Waals surface area contributed by atoms with Crippen LogP contribution in [0, 0.1) is 0 Å². The van der Waals surface area contributed by atoms with Gasteiger partial charge in [-0.25, -0.2) is 4.98 Å². The molecular weight excluding hydrogens is 314 g/mol. The zero-order chi connectivity index (χ0) is 17.9. The van der Waals surface area contributed by atoms with Crippen molar-refractivity contribution in [1.29, 1.82) is 0 Å². The molecule has 0 aliphatic rings. The van der Waals surface area contributed by atoms with Gasteiger partial charge in [0.15, 0.2) is 5.96 Å². The molecule has 0 bridgehead atoms. The molecule has 0 radical (unpaired) electrons. The van der Waals surface area contributed by atoms with Crippen molar-refractivity contribution in [2.45, 2.75) is 25.8 Å². The van der Waals surface area contributed by atoms with Crippen molar-refractivity contribution in [3.05, 3.63) is 42.4 Å². The lowest BCUT2D eigenvalue weighted by Crippen LogP contribution is -2.39. The number of guanidine groups is 1. The number of ether oxygens (including phenoxy) is 1. The fraction of sp³-hybridized carbons (Fsp3) is 0.474. The average molecular weight is 343 g/mol. The molecule has 1 aromatic carbocycles. The van der Waals surface area contributed by atoms with Gasteiger partial charge in [0.2, 0.25) is 0 Å². The van der Waals surface area contributed by atoms with Gasteiger partial charge in [0.05, 0.1) is 18.4 Å². The van der Waals surface area contributed by atoms with Gasteiger partial charge in [0, 0.05) is 34.4 Å². The number of hydrogen-bond donors (Lipinski definition) is 2. The monoisotopic (exact) mass is 343 g/mol. The number of methoxy groups -OCH3 is 1. The van der Waals surface area contributed by atoms with E-state index >= 15 is 0 Å². The highest BCUT2D eigenvalue weighted by molar-refractivity contribution is 5.79. The maximum Gasteiger partial charge on any atom is 0.193 e. The Morgan fingerprint density at radius 3 is 2.76 bits per heavy atom. The van der Waals surface area contributed by atoms with Crippen LogP contribution in [-0.2, 0) is 11.3 Å². The molecule has 0 spiro atoms. The van der Waals surface area contributed by atoms with Crippen LogP contribution in [0.4, 0.5) is 0 Å². The number of H-pyrrole nitrogens is 1. The number of aromatic amines is 1. The molecule has 136 valence electrons. The number of unbranched alkanes of at least 4 members (excludes halogenated alkanes) is 2. The van der Waals surface area contributed by atoms with Gasteiger partial charge < -0.3 is 19.9 Å². The summed E-state index contributed by atoms with van der Waals surface area (Å²) in [5.41, 5.74) is 2.17. The van der Waals surface area contributed by atoms with Crippen molar-refractivity contribution in [2.75, 3.05) is 34.4 Å². The third-order valence-electron chi connectivity index (χ3n) is 3.98. The number of rotatable bonds is 9. The molecule has 1 aromatic heterocycles. The molecule has 1 heterocycles. The molecule has 2 N–H and O–H groups in total. The smallest absolute Gasteiger partial charge is 0.193 e. The van der Waals surface area contributed by atoms with Crippen molar-refractivity contribution in [1.82, 2.24) is 20.2 Å². The summed E-state index contributed by atoms with van der Waals surface area (Å²) in [6, 6.07) is 10.2. The van der Waals surface area contributed by atoms with Gasteiger partial charge in [-0.2, -0.15) is 0 Å². The van der Waals surface area contributed by atoms with Gasteiger partial charge in [-0.1, -0.05) is 30.3 Å². The summed E-state index contributed by atoms with van der Waals surface area (Å²) in [6.45, 7) is 2.42. The van der Waals surface area contributed by atoms with Gasteiger partial charge in [-0.05, 0) is 24.8 Å². The van der Waals surface area contributed by atoms with Gasteiger partial charge in [-0.15, -0.1) is 0 Å². The Kier molecular flexibility index (Phi) is 7.98. The summed E-state index contributed by atoms with van der Waals surface area (Å²) in [4.78, 5) is 14.3. The minimum atomic E-state index is 0.677. The summed E-state index contributed by atoms with van der Waals surface area (Å²) >= 11 is 0. The number of hydrogen-bond acceptors (Lipinski definition) is 3. The van der Waals surface area contributed by atoms with E-state index in [1.165, 1.54) is 0 Å². The summed E-state index contributed by atoms with van der Waals surface area (Å²) < 4.78 is 5.07. The molecule has 0 unspecified atom stereocenters. The van der Waals surface area contributed by atoms with E-state index in [4.69, 9.17) is 4.74 Å². The molecule has 0 atom stereocenters. The minimum Gasteiger partial charge on any atom is -0.385 e. The summed E-state index contributed by atoms with van der Waals surface area (Å²) in [6.07, 6.45) is 5.24. The van der Waals surface area contributed by atoms with E-state index in [9.17, 15) is 0 Å². The van der Waals surface area contributed by atoms with E-state index in [2.05, 4.69) is 37.3 Å². The Balaban J connectivity index is 1.81. The number of nitrogens with one attached hydrogen (secondary N) is 2. The Bertz CT molecular complexity index is 638. The summed E-state index contributed by atoms with van der Waals surface area (Å²) in [7, 11) is 5.57. The lowest BCUT2D eigenvalue weighted by atomic mass is 10.2. The van der Waals surface area contributed by atoms with Crippen LogP contribution >= 0.6 is 0 Å². The van der Waals surface area contributed by atoms with E-state index in [0.717, 1.165) is 55.5 Å². The van der Waals surface area contributed by atoms with Crippen molar-refractivity contribution in [3.63, 3.8) is 0 Å². The number of aliphatic imine (C=N–C) groups is 1. The van der Waals surface area contributed by atoms with E-state index in [1.54, 1.807) is 14.2 Å². The minimum absolute atomic E-state index is 0.677. The predicted octanol–water partition coefficient (Wildman–Crippen LogP) is 2.90. The summed E-state index contributed by atoms with van der Waals surface area (Å²) in [5, 5.41) is 3.40. The zero-order valence-corrected chi connectivity index (χ0v) is 15.5. The second kappa shape index (κ2) is 10.5. The normalized spacial score (nSPS) is 11.6. The number of aromatic nitrogens is 2. The third-order valence-corrected chi connectivity index (χ3v) is 3.98. The van der Waals surface area contributed by atoms with E-state index in [-0.39, 0.29) is 0 Å². The number of nitrogens with zero attached hydrogens (tertiary/aromatic N) is 3. The molecule has 0 saturated carbocycles. The maximum atomic E-state index is 5.07. The van der Waals surface area contributed by atoms with Crippen molar-refractivity contribution >= 4 is 5.96 Å². The van der Waals surface area contributed by atoms with E-state index in [1.807, 2.05) is 31.4 Å². The highest BCUT2D eigenvalue weighted by atomic mass is 16.5. The van der Waals surface area contributed by atoms with Crippen LogP contribution in [0.5, 0.6) is 0 Å². The molecule has 25 heavy (non-hydrogen) atoms. The van der Waals surface area contributed by atoms with Crippen LogP contribution in [0.1, 0.15) is 25.1 Å². The standard InChI is InChI=1S/C19H29N5O/c1-20-19(21-12-8-5-9-13-25-3)24(2)15-18-22-14-17(23-18)16-10-6-4-7-11-16/h4,6-7,10-11,14H,5,8-9,12-13,15H2,1-3H3,(H,20,21)(H,22,23). The Morgan fingerprint density at radius 2 is 2.04 bits per heavy atom. The fourth-order valence-corrected chi connectivity index (χ4v) is 2.64. The SMILES string of the molecule is CN=C(NCCCCCOC)N(C)Cc1ncc(-c2ccccc2)[nH]1. The second-order valence-corrected chi connectivity index (χ2v) is 5.99. The molecule has 0 saturated heterocycles. The van der Waals surface area contributed by atoms with Crippen molar-refractivity contribution in [2.24, 2.45) is 4.99 Å². The van der Waals surface area contributed by atoms with Gasteiger partial charge in [-0.3, -0.25) is 4.99 Å². The summed E-state index contributed by atoms with van der Waals surface area (Å²) in [5.74, 6) is 1.80. The van der Waals surface area contributed by atoms with Crippen LogP contribution in [-0.4, -0.2) is 55.2 Å². The number of benzene rings is 1. The molecular formula is C19H29N5O. The van der Waals surface area contributed by atoms with Gasteiger partial charge >= 0.3 is 0 Å². The highest BCUT2D eigenvalue weighted by Gasteiger charge is 2.09. The topological polar surface area (TPSA) is 65.5 Å². The largest absolute Gasteiger partial charge is 0.385 e. The van der Waals surface area contributed by atoms with E-state index < -0.39 is 0 Å². The highest BCUT2D eigenvalue weighted by Crippen LogP contribution is 2.16. The van der Waals surface area contributed by atoms with Crippen LogP contribution < -0.4 is 5.32 Å². The molecule has 2 aromatic rings. The first-order valence-corrected chi connectivity index (χ1v) is 8.74. The first kappa shape index (κ1) is 19.0. The Labute approximate surface area is 150 Å². The molecule has 0 aliphatic heterocycles. The maximum absolute atomic E-state index is 5.07. The lowest BCUT2D eigenvalue weighted by molar-refractivity contribution is 0.192. The fourth-order valence-electron chi connectivity index (χ4n) is 2.64. The van der Waals surface area contributed by atoms with Crippen molar-refractivity contribution < 1.29 is 4.74 Å². The van der Waals surface area contributed by atoms with Crippen LogP contribution in [0.2, 0.25) is 0 Å². The zero-order valence-electron chi connectivity index (χ0n) is 15.5. The molecule has 6 heteroatoms. The first-order chi connectivity index (χ1) is 12.2. The molecule has 6 nitrogen and oxygen atoms in total. The quantitative estimate of drug-likeness (QED) is 0.417. The predicted molar refractivity (Wildman–Crippen MR) is 103 cm³/mol. The number of imidazole rings is 1. The Morgan fingerprint density at radius 1 is 1.24 bits per heavy atom. The van der Waals surface area contributed by atoms with Crippen LogP contribution in [0.15, 0.2) is 41.5 Å². The second-order valence-electron chi connectivity index (χ2n) is 5.99. The Hall–Kier alpha value is -2.34. The van der Waals surface area contributed by atoms with Crippen LogP contribution in [0.3, 0.4) is 0 Å². The van der Waals surface area contributed by atoms with Crippen molar-refractivity contribution in [3.8, 4) is 11.3 Å². The first-order valence-electron chi connectivity index (χ1n) is 8.74.